The van der Waals surface area contributed by atoms with Crippen LogP contribution in [0.15, 0.2) is 36.5 Å². The molecule has 1 aromatic carbocycles. The van der Waals surface area contributed by atoms with Crippen LogP contribution in [0, 0.1) is 0 Å². The molecule has 2 aromatic heterocycles. The molecule has 3 heterocycles. The van der Waals surface area contributed by atoms with Crippen LogP contribution in [0.5, 0.6) is 0 Å². The lowest BCUT2D eigenvalue weighted by atomic mass is 9.98. The fraction of sp³-hybridized carbons (Fsp3) is 0.263. The summed E-state index contributed by atoms with van der Waals surface area (Å²) in [6.45, 7) is 3.52. The molecule has 1 unspecified atom stereocenters. The molecule has 5 nitrogen and oxygen atoms in total. The van der Waals surface area contributed by atoms with Crippen LogP contribution in [0.4, 0.5) is 0 Å². The lowest BCUT2D eigenvalue weighted by Crippen LogP contribution is -2.47. The molecule has 0 radical (unpaired) electrons. The van der Waals surface area contributed by atoms with Gasteiger partial charge in [-0.2, -0.15) is 0 Å². The van der Waals surface area contributed by atoms with Gasteiger partial charge in [0.1, 0.15) is 16.8 Å². The van der Waals surface area contributed by atoms with Gasteiger partial charge in [0.15, 0.2) is 0 Å². The number of piperazine rings is 1. The molecule has 0 saturated carbocycles. The van der Waals surface area contributed by atoms with Crippen LogP contribution in [0.25, 0.3) is 22.2 Å². The number of fused-ring (bicyclic) bond motifs is 1. The Bertz CT molecular complexity index is 950. The number of hydrogen-bond acceptors (Lipinski definition) is 3. The number of carbonyl (C=O) groups is 1. The number of nitrogens with zero attached hydrogens (tertiary/aromatic N) is 1. The standard InChI is InChI=1S/C19H19ClN4O/c1-2-14-15-9-13(10-23-18(15)24-17(14)20)11-4-3-5-12(8-11)16-19(25)22-7-6-21-16/h3-5,8-10,16,21H,2,6-7H2,1H3,(H,22,25)(H,23,24). The van der Waals surface area contributed by atoms with E-state index in [9.17, 15) is 4.79 Å². The zero-order chi connectivity index (χ0) is 17.4. The van der Waals surface area contributed by atoms with E-state index >= 15 is 0 Å². The van der Waals surface area contributed by atoms with Gasteiger partial charge in [-0.1, -0.05) is 36.7 Å². The van der Waals surface area contributed by atoms with Gasteiger partial charge in [-0.25, -0.2) is 4.98 Å². The number of halogens is 1. The minimum absolute atomic E-state index is 0.0164. The summed E-state index contributed by atoms with van der Waals surface area (Å²) in [6.07, 6.45) is 2.68. The van der Waals surface area contributed by atoms with E-state index in [1.165, 1.54) is 0 Å². The molecular weight excluding hydrogens is 336 g/mol. The van der Waals surface area contributed by atoms with E-state index < -0.39 is 0 Å². The van der Waals surface area contributed by atoms with Gasteiger partial charge in [0.2, 0.25) is 5.91 Å². The molecule has 1 atom stereocenters. The Balaban J connectivity index is 1.75. The van der Waals surface area contributed by atoms with Gasteiger partial charge in [0, 0.05) is 30.2 Å². The summed E-state index contributed by atoms with van der Waals surface area (Å²) in [6, 6.07) is 9.83. The van der Waals surface area contributed by atoms with Crippen LogP contribution in [-0.4, -0.2) is 29.0 Å². The van der Waals surface area contributed by atoms with E-state index in [0.29, 0.717) is 11.7 Å². The van der Waals surface area contributed by atoms with E-state index in [1.54, 1.807) is 0 Å². The smallest absolute Gasteiger partial charge is 0.241 e. The lowest BCUT2D eigenvalue weighted by Gasteiger charge is -2.24. The normalized spacial score (nSPS) is 17.7. The predicted molar refractivity (Wildman–Crippen MR) is 99.7 cm³/mol. The third kappa shape index (κ3) is 2.90. The maximum Gasteiger partial charge on any atom is 0.241 e. The number of amides is 1. The van der Waals surface area contributed by atoms with Crippen molar-refractivity contribution in [2.45, 2.75) is 19.4 Å². The number of hydrogen-bond donors (Lipinski definition) is 3. The van der Waals surface area contributed by atoms with Gasteiger partial charge in [-0.15, -0.1) is 0 Å². The Kier molecular flexibility index (Phi) is 4.19. The average molecular weight is 355 g/mol. The highest BCUT2D eigenvalue weighted by Crippen LogP contribution is 2.30. The minimum atomic E-state index is -0.307. The zero-order valence-electron chi connectivity index (χ0n) is 13.9. The summed E-state index contributed by atoms with van der Waals surface area (Å²) in [7, 11) is 0. The number of aryl methyl sites for hydroxylation is 1. The molecule has 1 aliphatic heterocycles. The van der Waals surface area contributed by atoms with Crippen molar-refractivity contribution in [2.75, 3.05) is 13.1 Å². The van der Waals surface area contributed by atoms with Crippen molar-refractivity contribution in [3.05, 3.63) is 52.8 Å². The van der Waals surface area contributed by atoms with Crippen molar-refractivity contribution in [2.24, 2.45) is 0 Å². The SMILES string of the molecule is CCc1c(Cl)[nH]c2ncc(-c3cccc(C4NCCNC4=O)c3)cc12. The second kappa shape index (κ2) is 6.50. The molecule has 3 N–H and O–H groups in total. The van der Waals surface area contributed by atoms with Crippen molar-refractivity contribution < 1.29 is 4.79 Å². The van der Waals surface area contributed by atoms with Crippen LogP contribution in [0.2, 0.25) is 5.15 Å². The van der Waals surface area contributed by atoms with Gasteiger partial charge >= 0.3 is 0 Å². The number of aromatic nitrogens is 2. The van der Waals surface area contributed by atoms with Gasteiger partial charge in [-0.3, -0.25) is 4.79 Å². The third-order valence-corrected chi connectivity index (χ3v) is 4.97. The second-order valence-corrected chi connectivity index (χ2v) is 6.57. The first-order chi connectivity index (χ1) is 12.2. The van der Waals surface area contributed by atoms with Crippen molar-refractivity contribution in [3.8, 4) is 11.1 Å². The fourth-order valence-corrected chi connectivity index (χ4v) is 3.68. The molecule has 3 aromatic rings. The molecule has 128 valence electrons. The van der Waals surface area contributed by atoms with Crippen molar-refractivity contribution in [3.63, 3.8) is 0 Å². The van der Waals surface area contributed by atoms with E-state index in [0.717, 1.165) is 46.3 Å². The number of H-pyrrole nitrogens is 1. The molecule has 1 amide bonds. The van der Waals surface area contributed by atoms with Crippen molar-refractivity contribution in [1.29, 1.82) is 0 Å². The summed E-state index contributed by atoms with van der Waals surface area (Å²) in [5.41, 5.74) is 4.88. The molecule has 1 fully saturated rings. The summed E-state index contributed by atoms with van der Waals surface area (Å²) < 4.78 is 0. The van der Waals surface area contributed by atoms with Crippen molar-refractivity contribution in [1.82, 2.24) is 20.6 Å². The Morgan fingerprint density at radius 3 is 2.92 bits per heavy atom. The van der Waals surface area contributed by atoms with Gasteiger partial charge < -0.3 is 15.6 Å². The van der Waals surface area contributed by atoms with Crippen molar-refractivity contribution >= 4 is 28.5 Å². The first-order valence-electron chi connectivity index (χ1n) is 8.45. The Morgan fingerprint density at radius 2 is 2.12 bits per heavy atom. The molecule has 0 aliphatic carbocycles. The number of nitrogens with one attached hydrogen (secondary N) is 3. The number of carbonyl (C=O) groups excluding carboxylic acids is 1. The molecule has 1 saturated heterocycles. The first-order valence-corrected chi connectivity index (χ1v) is 8.82. The van der Waals surface area contributed by atoms with E-state index in [2.05, 4.69) is 33.6 Å². The maximum atomic E-state index is 12.1. The summed E-state index contributed by atoms with van der Waals surface area (Å²) >= 11 is 6.26. The second-order valence-electron chi connectivity index (χ2n) is 6.19. The van der Waals surface area contributed by atoms with E-state index in [4.69, 9.17) is 11.6 Å². The molecule has 4 rings (SSSR count). The number of aromatic amines is 1. The number of pyridine rings is 1. The molecule has 0 bridgehead atoms. The van der Waals surface area contributed by atoms with Gasteiger partial charge in [0.05, 0.1) is 0 Å². The average Bonchev–Trinajstić information content (AvgIpc) is 2.96. The van der Waals surface area contributed by atoms with Crippen LogP contribution in [-0.2, 0) is 11.2 Å². The van der Waals surface area contributed by atoms with Gasteiger partial charge in [0.25, 0.3) is 0 Å². The summed E-state index contributed by atoms with van der Waals surface area (Å²) in [5, 5.41) is 7.86. The highest BCUT2D eigenvalue weighted by Gasteiger charge is 2.23. The Hall–Kier alpha value is -2.37. The zero-order valence-corrected chi connectivity index (χ0v) is 14.7. The monoisotopic (exact) mass is 354 g/mol. The Labute approximate surface area is 150 Å². The highest BCUT2D eigenvalue weighted by molar-refractivity contribution is 6.31. The third-order valence-electron chi connectivity index (χ3n) is 4.65. The largest absolute Gasteiger partial charge is 0.353 e. The quantitative estimate of drug-likeness (QED) is 0.676. The van der Waals surface area contributed by atoms with E-state index in [-0.39, 0.29) is 11.9 Å². The minimum Gasteiger partial charge on any atom is -0.353 e. The molecule has 6 heteroatoms. The summed E-state index contributed by atoms with van der Waals surface area (Å²) in [4.78, 5) is 19.7. The molecule has 0 spiro atoms. The van der Waals surface area contributed by atoms with E-state index in [1.807, 2.05) is 30.5 Å². The lowest BCUT2D eigenvalue weighted by molar-refractivity contribution is -0.124. The van der Waals surface area contributed by atoms with Crippen LogP contribution < -0.4 is 10.6 Å². The predicted octanol–water partition coefficient (Wildman–Crippen LogP) is 3.21. The molecule has 1 aliphatic rings. The maximum absolute atomic E-state index is 12.1. The molecular formula is C19H19ClN4O. The van der Waals surface area contributed by atoms with Crippen LogP contribution in [0.3, 0.4) is 0 Å². The van der Waals surface area contributed by atoms with Crippen LogP contribution in [0.1, 0.15) is 24.1 Å². The van der Waals surface area contributed by atoms with Gasteiger partial charge in [-0.05, 0) is 35.2 Å². The fourth-order valence-electron chi connectivity index (χ4n) is 3.36. The Morgan fingerprint density at radius 1 is 1.24 bits per heavy atom. The number of benzene rings is 1. The highest BCUT2D eigenvalue weighted by atomic mass is 35.5. The first kappa shape index (κ1) is 16.1. The molecule has 25 heavy (non-hydrogen) atoms. The number of rotatable bonds is 3. The summed E-state index contributed by atoms with van der Waals surface area (Å²) in [5.74, 6) is 0.0164. The van der Waals surface area contributed by atoms with Crippen LogP contribution >= 0.6 is 11.6 Å². The topological polar surface area (TPSA) is 69.8 Å².